The third-order valence-corrected chi connectivity index (χ3v) is 2.50. The van der Waals surface area contributed by atoms with Crippen LogP contribution in [0.25, 0.3) is 0 Å². The maximum absolute atomic E-state index is 12.7. The molecule has 0 amide bonds. The maximum Gasteiger partial charge on any atom is 0.145 e. The average Bonchev–Trinajstić information content (AvgIpc) is 2.46. The SMILES string of the molecule is COc1ccccc1CO/N=[C]\c1ccc(F)cc1. The van der Waals surface area contributed by atoms with Gasteiger partial charge in [0.1, 0.15) is 24.4 Å². The molecule has 2 aromatic rings. The van der Waals surface area contributed by atoms with Gasteiger partial charge >= 0.3 is 0 Å². The van der Waals surface area contributed by atoms with Crippen LogP contribution in [0.15, 0.2) is 53.7 Å². The predicted octanol–water partition coefficient (Wildman–Crippen LogP) is 3.26. The normalized spacial score (nSPS) is 10.6. The lowest BCUT2D eigenvalue weighted by molar-refractivity contribution is 0.130. The smallest absolute Gasteiger partial charge is 0.145 e. The summed E-state index contributed by atoms with van der Waals surface area (Å²) in [6.45, 7) is 0.290. The summed E-state index contributed by atoms with van der Waals surface area (Å²) < 4.78 is 17.9. The summed E-state index contributed by atoms with van der Waals surface area (Å²) in [6.07, 6.45) is 2.67. The second kappa shape index (κ2) is 6.54. The quantitative estimate of drug-likeness (QED) is 0.608. The van der Waals surface area contributed by atoms with Gasteiger partial charge in [0.05, 0.1) is 7.11 Å². The third kappa shape index (κ3) is 3.81. The second-order valence-corrected chi connectivity index (χ2v) is 3.80. The molecule has 2 aromatic carbocycles. The second-order valence-electron chi connectivity index (χ2n) is 3.80. The molecule has 0 saturated heterocycles. The van der Waals surface area contributed by atoms with Gasteiger partial charge in [-0.1, -0.05) is 23.4 Å². The van der Waals surface area contributed by atoms with Gasteiger partial charge in [0, 0.05) is 11.1 Å². The molecule has 0 N–H and O–H groups in total. The summed E-state index contributed by atoms with van der Waals surface area (Å²) in [5.74, 6) is 0.458. The molecular weight excluding hydrogens is 245 g/mol. The van der Waals surface area contributed by atoms with E-state index in [-0.39, 0.29) is 12.4 Å². The van der Waals surface area contributed by atoms with Gasteiger partial charge in [0.15, 0.2) is 0 Å². The fourth-order valence-corrected chi connectivity index (χ4v) is 1.53. The highest BCUT2D eigenvalue weighted by atomic mass is 19.1. The molecule has 0 aliphatic rings. The summed E-state index contributed by atoms with van der Waals surface area (Å²) in [5, 5.41) is 3.71. The highest BCUT2D eigenvalue weighted by Crippen LogP contribution is 2.17. The van der Waals surface area contributed by atoms with E-state index in [0.717, 1.165) is 11.3 Å². The number of para-hydroxylation sites is 1. The standard InChI is InChI=1S/C15H13FNO2/c1-18-15-5-3-2-4-13(15)11-19-17-10-12-6-8-14(16)9-7-12/h2-9H,11H2,1H3. The van der Waals surface area contributed by atoms with Crippen LogP contribution in [0.4, 0.5) is 4.39 Å². The van der Waals surface area contributed by atoms with Crippen LogP contribution in [0.1, 0.15) is 11.1 Å². The maximum atomic E-state index is 12.7. The van der Waals surface area contributed by atoms with Gasteiger partial charge in [-0.3, -0.25) is 0 Å². The molecule has 4 heteroatoms. The molecule has 0 heterocycles. The van der Waals surface area contributed by atoms with E-state index in [1.807, 2.05) is 24.3 Å². The predicted molar refractivity (Wildman–Crippen MR) is 70.7 cm³/mol. The van der Waals surface area contributed by atoms with E-state index in [0.29, 0.717) is 5.56 Å². The van der Waals surface area contributed by atoms with Crippen LogP contribution in [0.2, 0.25) is 0 Å². The van der Waals surface area contributed by atoms with Crippen molar-refractivity contribution in [3.63, 3.8) is 0 Å². The number of methoxy groups -OCH3 is 1. The van der Waals surface area contributed by atoms with Crippen molar-refractivity contribution in [2.75, 3.05) is 7.11 Å². The first-order chi connectivity index (χ1) is 9.29. The third-order valence-electron chi connectivity index (χ3n) is 2.50. The number of benzene rings is 2. The zero-order valence-electron chi connectivity index (χ0n) is 10.5. The first-order valence-electron chi connectivity index (χ1n) is 5.75. The minimum atomic E-state index is -0.291. The van der Waals surface area contributed by atoms with Gasteiger partial charge in [-0.15, -0.1) is 0 Å². The van der Waals surface area contributed by atoms with Gasteiger partial charge in [-0.05, 0) is 30.3 Å². The van der Waals surface area contributed by atoms with Crippen molar-refractivity contribution >= 4 is 6.21 Å². The Kier molecular flexibility index (Phi) is 4.50. The Morgan fingerprint density at radius 2 is 1.84 bits per heavy atom. The summed E-state index contributed by atoms with van der Waals surface area (Å²) in [4.78, 5) is 5.14. The van der Waals surface area contributed by atoms with E-state index in [1.165, 1.54) is 12.1 Å². The lowest BCUT2D eigenvalue weighted by Crippen LogP contribution is -1.93. The Balaban J connectivity index is 1.91. The molecule has 97 valence electrons. The molecule has 0 aliphatic heterocycles. The summed E-state index contributed by atoms with van der Waals surface area (Å²) in [7, 11) is 1.60. The molecule has 0 saturated carbocycles. The minimum Gasteiger partial charge on any atom is -0.496 e. The Morgan fingerprint density at radius 3 is 2.58 bits per heavy atom. The Bertz CT molecular complexity index is 552. The van der Waals surface area contributed by atoms with Crippen molar-refractivity contribution in [1.82, 2.24) is 0 Å². The zero-order chi connectivity index (χ0) is 13.5. The fourth-order valence-electron chi connectivity index (χ4n) is 1.53. The Morgan fingerprint density at radius 1 is 1.11 bits per heavy atom. The van der Waals surface area contributed by atoms with Crippen molar-refractivity contribution < 1.29 is 14.0 Å². The first kappa shape index (κ1) is 13.1. The molecule has 0 spiro atoms. The largest absolute Gasteiger partial charge is 0.496 e. The van der Waals surface area contributed by atoms with E-state index < -0.39 is 0 Å². The average molecular weight is 258 g/mol. The summed E-state index contributed by atoms with van der Waals surface area (Å²) in [5.41, 5.74) is 1.55. The van der Waals surface area contributed by atoms with Gasteiger partial charge in [0.2, 0.25) is 0 Å². The molecule has 0 aliphatic carbocycles. The molecule has 0 unspecified atom stereocenters. The van der Waals surface area contributed by atoms with Crippen molar-refractivity contribution in [2.45, 2.75) is 6.61 Å². The minimum absolute atomic E-state index is 0.290. The highest BCUT2D eigenvalue weighted by molar-refractivity contribution is 5.78. The van der Waals surface area contributed by atoms with Crippen molar-refractivity contribution in [3.05, 3.63) is 65.5 Å². The van der Waals surface area contributed by atoms with Crippen molar-refractivity contribution in [2.24, 2.45) is 5.16 Å². The number of hydrogen-bond donors (Lipinski definition) is 0. The topological polar surface area (TPSA) is 30.8 Å². The van der Waals surface area contributed by atoms with Crippen LogP contribution in [-0.4, -0.2) is 13.3 Å². The molecule has 0 aromatic heterocycles. The molecule has 2 rings (SSSR count). The molecule has 0 fully saturated rings. The Labute approximate surface area is 111 Å². The number of hydrogen-bond acceptors (Lipinski definition) is 3. The number of nitrogens with zero attached hydrogens (tertiary/aromatic N) is 1. The van der Waals surface area contributed by atoms with E-state index >= 15 is 0 Å². The van der Waals surface area contributed by atoms with E-state index in [9.17, 15) is 4.39 Å². The van der Waals surface area contributed by atoms with Gasteiger partial charge < -0.3 is 9.57 Å². The van der Waals surface area contributed by atoms with E-state index in [4.69, 9.17) is 9.57 Å². The molecule has 19 heavy (non-hydrogen) atoms. The van der Waals surface area contributed by atoms with Gasteiger partial charge in [0.25, 0.3) is 0 Å². The van der Waals surface area contributed by atoms with Crippen LogP contribution in [0.5, 0.6) is 5.75 Å². The monoisotopic (exact) mass is 258 g/mol. The number of halogens is 1. The lowest BCUT2D eigenvalue weighted by Gasteiger charge is -2.06. The van der Waals surface area contributed by atoms with Gasteiger partial charge in [-0.25, -0.2) is 4.39 Å². The Hall–Kier alpha value is -2.36. The van der Waals surface area contributed by atoms with E-state index in [1.54, 1.807) is 19.2 Å². The molecule has 3 nitrogen and oxygen atoms in total. The van der Waals surface area contributed by atoms with Crippen molar-refractivity contribution in [1.29, 1.82) is 0 Å². The van der Waals surface area contributed by atoms with Crippen LogP contribution in [0, 0.1) is 5.82 Å². The fraction of sp³-hybridized carbons (Fsp3) is 0.133. The summed E-state index contributed by atoms with van der Waals surface area (Å²) >= 11 is 0. The molecular formula is C15H13FNO2. The first-order valence-corrected chi connectivity index (χ1v) is 5.75. The van der Waals surface area contributed by atoms with Crippen LogP contribution >= 0.6 is 0 Å². The lowest BCUT2D eigenvalue weighted by atomic mass is 10.2. The molecule has 0 atom stereocenters. The molecule has 1 radical (unpaired) electrons. The van der Waals surface area contributed by atoms with E-state index in [2.05, 4.69) is 11.4 Å². The summed E-state index contributed by atoms with van der Waals surface area (Å²) in [6, 6.07) is 13.4. The number of ether oxygens (including phenoxy) is 1. The number of rotatable bonds is 5. The van der Waals surface area contributed by atoms with Crippen molar-refractivity contribution in [3.8, 4) is 5.75 Å². The van der Waals surface area contributed by atoms with Crippen LogP contribution in [0.3, 0.4) is 0 Å². The zero-order valence-corrected chi connectivity index (χ0v) is 10.5. The van der Waals surface area contributed by atoms with Crippen LogP contribution in [-0.2, 0) is 11.4 Å². The van der Waals surface area contributed by atoms with Crippen LogP contribution < -0.4 is 4.74 Å². The highest BCUT2D eigenvalue weighted by Gasteiger charge is 2.00. The van der Waals surface area contributed by atoms with Gasteiger partial charge in [-0.2, -0.15) is 0 Å². The molecule has 0 bridgehead atoms.